The van der Waals surface area contributed by atoms with E-state index in [9.17, 15) is 14.4 Å². The monoisotopic (exact) mass is 359 g/mol. The Kier molecular flexibility index (Phi) is 6.18. The first-order valence-corrected chi connectivity index (χ1v) is 7.81. The van der Waals surface area contributed by atoms with E-state index in [0.717, 1.165) is 25.7 Å². The number of halogens is 2. The van der Waals surface area contributed by atoms with E-state index in [0.29, 0.717) is 0 Å². The van der Waals surface area contributed by atoms with Crippen LogP contribution in [0.1, 0.15) is 36.2 Å². The van der Waals surface area contributed by atoms with Crippen LogP contribution in [-0.2, 0) is 9.53 Å². The second-order valence-electron chi connectivity index (χ2n) is 5.04. The van der Waals surface area contributed by atoms with Gasteiger partial charge in [0.1, 0.15) is 5.15 Å². The third kappa shape index (κ3) is 5.37. The summed E-state index contributed by atoms with van der Waals surface area (Å²) in [6, 6.07) is 2.29. The average Bonchev–Trinajstić information content (AvgIpc) is 3.00. The predicted molar refractivity (Wildman–Crippen MR) is 83.5 cm³/mol. The number of pyridine rings is 1. The molecule has 0 aliphatic heterocycles. The molecule has 0 bridgehead atoms. The van der Waals surface area contributed by atoms with Gasteiger partial charge in [-0.15, -0.1) is 0 Å². The third-order valence-corrected chi connectivity index (χ3v) is 3.80. The minimum absolute atomic E-state index is 0.0544. The molecule has 0 radical (unpaired) electrons. The molecule has 1 aliphatic carbocycles. The molecule has 0 unspecified atom stereocenters. The fraction of sp³-hybridized carbons (Fsp3) is 0.429. The summed E-state index contributed by atoms with van der Waals surface area (Å²) in [4.78, 5) is 38.7. The number of nitrogens with zero attached hydrogens (tertiary/aromatic N) is 1. The number of hydrogen-bond donors (Lipinski definition) is 2. The van der Waals surface area contributed by atoms with Crippen LogP contribution in [-0.4, -0.2) is 35.5 Å². The van der Waals surface area contributed by atoms with Gasteiger partial charge in [-0.25, -0.2) is 14.6 Å². The van der Waals surface area contributed by atoms with E-state index in [1.165, 1.54) is 12.1 Å². The second-order valence-corrected chi connectivity index (χ2v) is 5.84. The van der Waals surface area contributed by atoms with Crippen molar-refractivity contribution in [3.8, 4) is 0 Å². The number of hydrogen-bond acceptors (Lipinski definition) is 5. The first-order chi connectivity index (χ1) is 11.0. The Labute approximate surface area is 142 Å². The molecule has 3 amide bonds. The summed E-state index contributed by atoms with van der Waals surface area (Å²) in [6.45, 7) is -0.624. The first-order valence-electron chi connectivity index (χ1n) is 7.05. The van der Waals surface area contributed by atoms with Crippen molar-refractivity contribution in [2.75, 3.05) is 6.61 Å². The molecule has 0 saturated heterocycles. The summed E-state index contributed by atoms with van der Waals surface area (Å²) in [5.74, 6) is -1.64. The van der Waals surface area contributed by atoms with E-state index < -0.39 is 24.5 Å². The summed E-state index contributed by atoms with van der Waals surface area (Å²) in [5, 5.41) is 4.90. The molecule has 1 aromatic heterocycles. The van der Waals surface area contributed by atoms with Crippen LogP contribution in [0.4, 0.5) is 4.79 Å². The first kappa shape index (κ1) is 17.5. The van der Waals surface area contributed by atoms with Gasteiger partial charge in [-0.2, -0.15) is 0 Å². The van der Waals surface area contributed by atoms with Gasteiger partial charge in [0.05, 0.1) is 5.02 Å². The summed E-state index contributed by atoms with van der Waals surface area (Å²) in [5.41, 5.74) is -0.192. The number of amides is 3. The largest absolute Gasteiger partial charge is 0.451 e. The molecule has 1 fully saturated rings. The molecule has 1 aromatic rings. The SMILES string of the molecule is O=C(COC(=O)c1nc(Cl)ccc1Cl)NC(=O)NC1CCCC1. The zero-order valence-corrected chi connectivity index (χ0v) is 13.6. The van der Waals surface area contributed by atoms with Crippen molar-refractivity contribution in [2.45, 2.75) is 31.7 Å². The highest BCUT2D eigenvalue weighted by Crippen LogP contribution is 2.18. The summed E-state index contributed by atoms with van der Waals surface area (Å²) >= 11 is 11.5. The highest BCUT2D eigenvalue weighted by Gasteiger charge is 2.20. The maximum absolute atomic E-state index is 11.8. The molecule has 0 atom stereocenters. The quantitative estimate of drug-likeness (QED) is 0.634. The lowest BCUT2D eigenvalue weighted by atomic mass is 10.2. The maximum atomic E-state index is 11.8. The summed E-state index contributed by atoms with van der Waals surface area (Å²) in [6.07, 6.45) is 3.92. The van der Waals surface area contributed by atoms with Crippen molar-refractivity contribution in [3.05, 3.63) is 28.0 Å². The molecule has 2 rings (SSSR count). The van der Waals surface area contributed by atoms with Crippen molar-refractivity contribution in [1.82, 2.24) is 15.6 Å². The lowest BCUT2D eigenvalue weighted by molar-refractivity contribution is -0.123. The van der Waals surface area contributed by atoms with Crippen molar-refractivity contribution >= 4 is 41.1 Å². The summed E-state index contributed by atoms with van der Waals surface area (Å²) in [7, 11) is 0. The lowest BCUT2D eigenvalue weighted by Crippen LogP contribution is -2.45. The number of urea groups is 1. The molecular formula is C14H15Cl2N3O4. The van der Waals surface area contributed by atoms with Gasteiger partial charge in [0.2, 0.25) is 0 Å². The van der Waals surface area contributed by atoms with Gasteiger partial charge < -0.3 is 10.1 Å². The van der Waals surface area contributed by atoms with Gasteiger partial charge in [0.25, 0.3) is 5.91 Å². The average molecular weight is 360 g/mol. The van der Waals surface area contributed by atoms with Gasteiger partial charge in [-0.05, 0) is 25.0 Å². The summed E-state index contributed by atoms with van der Waals surface area (Å²) < 4.78 is 4.76. The number of nitrogens with one attached hydrogen (secondary N) is 2. The molecule has 2 N–H and O–H groups in total. The minimum atomic E-state index is -0.899. The van der Waals surface area contributed by atoms with Gasteiger partial charge in [0.15, 0.2) is 12.3 Å². The highest BCUT2D eigenvalue weighted by atomic mass is 35.5. The molecule has 7 nitrogen and oxygen atoms in total. The third-order valence-electron chi connectivity index (χ3n) is 3.28. The fourth-order valence-corrected chi connectivity index (χ4v) is 2.55. The van der Waals surface area contributed by atoms with Gasteiger partial charge in [0, 0.05) is 6.04 Å². The Balaban J connectivity index is 1.78. The van der Waals surface area contributed by atoms with Crippen LogP contribution in [0.3, 0.4) is 0 Å². The van der Waals surface area contributed by atoms with Crippen LogP contribution in [0, 0.1) is 0 Å². The van der Waals surface area contributed by atoms with E-state index >= 15 is 0 Å². The smallest absolute Gasteiger partial charge is 0.359 e. The number of ether oxygens (including phenoxy) is 1. The van der Waals surface area contributed by atoms with Crippen molar-refractivity contribution < 1.29 is 19.1 Å². The standard InChI is InChI=1S/C14H15Cl2N3O4/c15-9-5-6-10(16)18-12(9)13(21)23-7-11(20)19-14(22)17-8-3-1-2-4-8/h5-6,8H,1-4,7H2,(H2,17,19,20,22). The topological polar surface area (TPSA) is 97.4 Å². The van der Waals surface area contributed by atoms with E-state index in [4.69, 9.17) is 27.9 Å². The normalized spacial score (nSPS) is 14.3. The number of rotatable bonds is 4. The Hall–Kier alpha value is -1.86. The fourth-order valence-electron chi connectivity index (χ4n) is 2.22. The van der Waals surface area contributed by atoms with Crippen LogP contribution in [0.2, 0.25) is 10.2 Å². The molecule has 0 aromatic carbocycles. The highest BCUT2D eigenvalue weighted by molar-refractivity contribution is 6.34. The Morgan fingerprint density at radius 3 is 2.61 bits per heavy atom. The molecule has 9 heteroatoms. The van der Waals surface area contributed by atoms with Crippen LogP contribution in [0.25, 0.3) is 0 Å². The number of aromatic nitrogens is 1. The van der Waals surface area contributed by atoms with Crippen molar-refractivity contribution in [2.24, 2.45) is 0 Å². The maximum Gasteiger partial charge on any atom is 0.359 e. The van der Waals surface area contributed by atoms with Crippen LogP contribution >= 0.6 is 23.2 Å². The Morgan fingerprint density at radius 2 is 1.91 bits per heavy atom. The molecule has 23 heavy (non-hydrogen) atoms. The number of imide groups is 1. The van der Waals surface area contributed by atoms with Crippen molar-refractivity contribution in [3.63, 3.8) is 0 Å². The Morgan fingerprint density at radius 1 is 1.22 bits per heavy atom. The van der Waals surface area contributed by atoms with Crippen LogP contribution < -0.4 is 10.6 Å². The van der Waals surface area contributed by atoms with Gasteiger partial charge in [-0.3, -0.25) is 10.1 Å². The zero-order chi connectivity index (χ0) is 16.8. The van der Waals surface area contributed by atoms with Gasteiger partial charge in [-0.1, -0.05) is 36.0 Å². The minimum Gasteiger partial charge on any atom is -0.451 e. The van der Waals surface area contributed by atoms with E-state index in [1.807, 2.05) is 0 Å². The van der Waals surface area contributed by atoms with E-state index in [2.05, 4.69) is 15.6 Å². The molecule has 1 saturated carbocycles. The van der Waals surface area contributed by atoms with Crippen molar-refractivity contribution in [1.29, 1.82) is 0 Å². The Bertz CT molecular complexity index is 618. The van der Waals surface area contributed by atoms with E-state index in [-0.39, 0.29) is 21.9 Å². The zero-order valence-electron chi connectivity index (χ0n) is 12.1. The molecule has 1 aliphatic rings. The number of carbonyl (C=O) groups is 3. The van der Waals surface area contributed by atoms with Crippen LogP contribution in [0.5, 0.6) is 0 Å². The lowest BCUT2D eigenvalue weighted by Gasteiger charge is -2.12. The van der Waals surface area contributed by atoms with Crippen LogP contribution in [0.15, 0.2) is 12.1 Å². The molecule has 0 spiro atoms. The number of carbonyl (C=O) groups excluding carboxylic acids is 3. The second kappa shape index (κ2) is 8.12. The molecule has 124 valence electrons. The molecule has 1 heterocycles. The number of esters is 1. The predicted octanol–water partition coefficient (Wildman–Crippen LogP) is 2.31. The van der Waals surface area contributed by atoms with Gasteiger partial charge >= 0.3 is 12.0 Å². The molecular weight excluding hydrogens is 345 g/mol. The van der Waals surface area contributed by atoms with E-state index in [1.54, 1.807) is 0 Å².